The predicted octanol–water partition coefficient (Wildman–Crippen LogP) is 0.658. The van der Waals surface area contributed by atoms with Crippen LogP contribution in [0.5, 0.6) is 0 Å². The van der Waals surface area contributed by atoms with Crippen molar-refractivity contribution in [3.8, 4) is 0 Å². The van der Waals surface area contributed by atoms with Crippen molar-refractivity contribution in [2.45, 2.75) is 120 Å². The fraction of sp³-hybridized carbons (Fsp3) is 0.833. The Morgan fingerprint density at radius 1 is 0.560 bits per heavy atom. The van der Waals surface area contributed by atoms with Crippen molar-refractivity contribution in [3.05, 3.63) is 31.5 Å². The Bertz CT molecular complexity index is 1700. The molecule has 9 aliphatic rings. The number of epoxide rings is 3. The van der Waals surface area contributed by atoms with Gasteiger partial charge in [-0.2, -0.15) is 0 Å². The Hall–Kier alpha value is -3.10. The third-order valence-electron chi connectivity index (χ3n) is 14.1. The maximum absolute atomic E-state index is 13.6. The summed E-state index contributed by atoms with van der Waals surface area (Å²) in [4.78, 5) is 79.6. The van der Waals surface area contributed by atoms with Crippen LogP contribution in [0.1, 0.15) is 64.2 Å². The Labute approximate surface area is 287 Å². The number of hydrogen-bond donors (Lipinski definition) is 0. The van der Waals surface area contributed by atoms with Gasteiger partial charge in [0.15, 0.2) is 5.78 Å². The van der Waals surface area contributed by atoms with E-state index in [1.54, 1.807) is 0 Å². The van der Waals surface area contributed by atoms with Crippen molar-refractivity contribution in [1.82, 2.24) is 13.7 Å². The molecule has 10 rings (SSSR count). The number of hydrogen-bond acceptors (Lipinski definition) is 11. The van der Waals surface area contributed by atoms with Gasteiger partial charge in [-0.15, -0.1) is 0 Å². The summed E-state index contributed by atoms with van der Waals surface area (Å²) in [5.41, 5.74) is -2.55. The van der Waals surface area contributed by atoms with Crippen molar-refractivity contribution < 1.29 is 38.1 Å². The van der Waals surface area contributed by atoms with Gasteiger partial charge in [-0.05, 0) is 98.7 Å². The Morgan fingerprint density at radius 3 is 1.44 bits per heavy atom. The SMILES string of the molecule is O=C(CCCn1c(=O)n(CCCC(=O)OCC2CC3CC2C2OC32)c(=O)n(CC(=O)C2CC3CC2C2OC32)c1=O)OCC1CC2CC1C1OC21. The molecular weight excluding hydrogens is 650 g/mol. The van der Waals surface area contributed by atoms with Crippen LogP contribution in [0.4, 0.5) is 0 Å². The van der Waals surface area contributed by atoms with Crippen LogP contribution >= 0.6 is 0 Å². The second-order valence-corrected chi connectivity index (χ2v) is 16.8. The number of carbonyl (C=O) groups is 3. The molecule has 3 aliphatic heterocycles. The lowest BCUT2D eigenvalue weighted by Crippen LogP contribution is -2.55. The number of esters is 2. The van der Waals surface area contributed by atoms with Crippen LogP contribution in [0, 0.1) is 53.3 Å². The quantitative estimate of drug-likeness (QED) is 0.186. The Balaban J connectivity index is 0.787. The molecule has 3 saturated heterocycles. The zero-order valence-corrected chi connectivity index (χ0v) is 28.1. The topological polar surface area (TPSA) is 173 Å². The van der Waals surface area contributed by atoms with Crippen LogP contribution in [0.2, 0.25) is 0 Å². The number of nitrogens with zero attached hydrogens (tertiary/aromatic N) is 3. The standard InChI is InChI=1S/C36H45N3O11/c40-25(23-11-18-12-24(23)33-30(18)50-33)13-39-35(44)37(5-1-3-26(41)46-14-19-7-16-9-21(19)31-28(16)48-31)34(43)38(36(39)45)6-2-4-27(42)47-15-20-8-17-10-22(20)32-29(17)49-32/h16-24,28-33H,1-15H2. The molecule has 4 heterocycles. The highest BCUT2D eigenvalue weighted by molar-refractivity contribution is 5.82. The molecule has 0 amide bonds. The number of aromatic nitrogens is 3. The first-order valence-electron chi connectivity index (χ1n) is 19.0. The number of rotatable bonds is 15. The first-order valence-corrected chi connectivity index (χ1v) is 19.0. The smallest absolute Gasteiger partial charge is 0.336 e. The molecular formula is C36H45N3O11. The second-order valence-electron chi connectivity index (χ2n) is 16.8. The molecule has 1 aromatic heterocycles. The summed E-state index contributed by atoms with van der Waals surface area (Å²) in [6.07, 6.45) is 8.03. The fourth-order valence-corrected chi connectivity index (χ4v) is 11.6. The number of ketones is 1. The van der Waals surface area contributed by atoms with Crippen LogP contribution in [0.25, 0.3) is 0 Å². The molecule has 14 heteroatoms. The van der Waals surface area contributed by atoms with Gasteiger partial charge in [0, 0.05) is 31.8 Å². The molecule has 15 unspecified atom stereocenters. The van der Waals surface area contributed by atoms with Gasteiger partial charge in [0.25, 0.3) is 0 Å². The number of fused-ring (bicyclic) bond motifs is 15. The summed E-state index contributed by atoms with van der Waals surface area (Å²) in [6.45, 7) is 0.0341. The zero-order chi connectivity index (χ0) is 34.0. The lowest BCUT2D eigenvalue weighted by molar-refractivity contribution is -0.146. The van der Waals surface area contributed by atoms with Crippen LogP contribution in [0.3, 0.4) is 0 Å². The lowest BCUT2D eigenvalue weighted by Gasteiger charge is -2.20. The average Bonchev–Trinajstić information content (AvgIpc) is 4.05. The first-order chi connectivity index (χ1) is 24.2. The van der Waals surface area contributed by atoms with Crippen LogP contribution in [-0.2, 0) is 57.7 Å². The summed E-state index contributed by atoms with van der Waals surface area (Å²) >= 11 is 0. The van der Waals surface area contributed by atoms with Gasteiger partial charge >= 0.3 is 29.0 Å². The van der Waals surface area contributed by atoms with Gasteiger partial charge in [-0.3, -0.25) is 14.4 Å². The summed E-state index contributed by atoms with van der Waals surface area (Å²) in [5, 5.41) is 0. The van der Waals surface area contributed by atoms with E-state index in [0.29, 0.717) is 85.5 Å². The van der Waals surface area contributed by atoms with Crippen molar-refractivity contribution in [1.29, 1.82) is 0 Å². The molecule has 0 N–H and O–H groups in total. The molecule has 9 fully saturated rings. The Kier molecular flexibility index (Phi) is 7.40. The van der Waals surface area contributed by atoms with Crippen LogP contribution < -0.4 is 17.1 Å². The molecule has 1 aromatic rings. The average molecular weight is 696 g/mol. The monoisotopic (exact) mass is 695 g/mol. The van der Waals surface area contributed by atoms with E-state index in [2.05, 4.69) is 0 Å². The second kappa shape index (κ2) is 11.7. The van der Waals surface area contributed by atoms with E-state index < -0.39 is 35.6 Å². The zero-order valence-electron chi connectivity index (χ0n) is 28.1. The molecule has 270 valence electrons. The minimum Gasteiger partial charge on any atom is -0.465 e. The van der Waals surface area contributed by atoms with Gasteiger partial charge in [-0.25, -0.2) is 28.1 Å². The van der Waals surface area contributed by atoms with E-state index in [4.69, 9.17) is 23.7 Å². The molecule has 14 nitrogen and oxygen atoms in total. The highest BCUT2D eigenvalue weighted by Crippen LogP contribution is 2.60. The number of carbonyl (C=O) groups excluding carboxylic acids is 3. The maximum atomic E-state index is 13.6. The summed E-state index contributed by atoms with van der Waals surface area (Å²) in [6, 6.07) is 0. The highest BCUT2D eigenvalue weighted by Gasteiger charge is 2.65. The molecule has 6 saturated carbocycles. The third kappa shape index (κ3) is 5.21. The number of ether oxygens (including phenoxy) is 5. The van der Waals surface area contributed by atoms with Gasteiger partial charge < -0.3 is 23.7 Å². The summed E-state index contributed by atoms with van der Waals surface area (Å²) in [7, 11) is 0. The van der Waals surface area contributed by atoms with E-state index in [1.165, 1.54) is 0 Å². The maximum Gasteiger partial charge on any atom is 0.336 e. The highest BCUT2D eigenvalue weighted by atomic mass is 16.6. The minimum atomic E-state index is -0.866. The fourth-order valence-electron chi connectivity index (χ4n) is 11.6. The molecule has 0 spiro atoms. The van der Waals surface area contributed by atoms with E-state index in [0.717, 1.165) is 45.8 Å². The normalized spacial score (nSPS) is 42.7. The predicted molar refractivity (Wildman–Crippen MR) is 170 cm³/mol. The third-order valence-corrected chi connectivity index (χ3v) is 14.1. The van der Waals surface area contributed by atoms with Crippen LogP contribution in [-0.4, -0.2) is 81.3 Å². The van der Waals surface area contributed by atoms with E-state index >= 15 is 0 Å². The largest absolute Gasteiger partial charge is 0.465 e. The summed E-state index contributed by atoms with van der Waals surface area (Å²) < 4.78 is 31.0. The van der Waals surface area contributed by atoms with Crippen molar-refractivity contribution in [2.24, 2.45) is 53.3 Å². The lowest BCUT2D eigenvalue weighted by atomic mass is 9.85. The van der Waals surface area contributed by atoms with Crippen molar-refractivity contribution in [2.75, 3.05) is 13.2 Å². The summed E-state index contributed by atoms with van der Waals surface area (Å²) in [5.74, 6) is 1.85. The van der Waals surface area contributed by atoms with Crippen LogP contribution in [0.15, 0.2) is 14.4 Å². The van der Waals surface area contributed by atoms with Crippen molar-refractivity contribution >= 4 is 17.7 Å². The van der Waals surface area contributed by atoms with E-state index in [-0.39, 0.29) is 68.6 Å². The van der Waals surface area contributed by atoms with Gasteiger partial charge in [0.1, 0.15) is 0 Å². The van der Waals surface area contributed by atoms with Crippen molar-refractivity contribution in [3.63, 3.8) is 0 Å². The van der Waals surface area contributed by atoms with Gasteiger partial charge in [-0.1, -0.05) is 0 Å². The van der Waals surface area contributed by atoms with E-state index in [1.807, 2.05) is 0 Å². The Morgan fingerprint density at radius 2 is 1.00 bits per heavy atom. The van der Waals surface area contributed by atoms with E-state index in [9.17, 15) is 28.8 Å². The molecule has 15 atom stereocenters. The molecule has 0 radical (unpaired) electrons. The minimum absolute atomic E-state index is 0.00295. The van der Waals surface area contributed by atoms with Gasteiger partial charge in [0.2, 0.25) is 0 Å². The first kappa shape index (κ1) is 31.6. The molecule has 6 aliphatic carbocycles. The molecule has 6 bridgehead atoms. The number of Topliss-reactive ketones (excluding diaryl/α,β-unsaturated/α-hetero) is 1. The molecule has 50 heavy (non-hydrogen) atoms. The molecule has 0 aromatic carbocycles. The van der Waals surface area contributed by atoms with Gasteiger partial charge in [0.05, 0.1) is 56.4 Å².